The Balaban J connectivity index is 2.72. The van der Waals surface area contributed by atoms with Crippen LogP contribution < -0.4 is 5.32 Å². The third-order valence-electron chi connectivity index (χ3n) is 1.91. The predicted molar refractivity (Wildman–Crippen MR) is 67.3 cm³/mol. The fourth-order valence-electron chi connectivity index (χ4n) is 1.26. The average molecular weight is 285 g/mol. The van der Waals surface area contributed by atoms with Crippen LogP contribution in [0.1, 0.15) is 12.5 Å². The fourth-order valence-corrected chi connectivity index (χ4v) is 1.79. The lowest BCUT2D eigenvalue weighted by Gasteiger charge is -2.05. The standard InChI is InChI=1S/C11H13BrN2O2/c1-8(2)6-13-7-9-3-10(12)5-11(4-9)14(15)16/h3-5,13H,1,6-7H2,2H3. The van der Waals surface area contributed by atoms with Crippen LogP contribution in [0.25, 0.3) is 0 Å². The SMILES string of the molecule is C=C(C)CNCc1cc(Br)cc([N+](=O)[O-])c1. The van der Waals surface area contributed by atoms with Gasteiger partial charge in [-0.2, -0.15) is 0 Å². The summed E-state index contributed by atoms with van der Waals surface area (Å²) in [6, 6.07) is 4.91. The first-order chi connectivity index (χ1) is 7.49. The third kappa shape index (κ3) is 4.12. The van der Waals surface area contributed by atoms with E-state index in [1.807, 2.05) is 13.0 Å². The molecule has 0 spiro atoms. The smallest absolute Gasteiger partial charge is 0.270 e. The predicted octanol–water partition coefficient (Wildman–Crippen LogP) is 3.02. The molecule has 1 aromatic rings. The number of rotatable bonds is 5. The van der Waals surface area contributed by atoms with Crippen LogP contribution in [0.15, 0.2) is 34.8 Å². The van der Waals surface area contributed by atoms with Crippen molar-refractivity contribution in [3.8, 4) is 0 Å². The molecule has 0 aliphatic rings. The van der Waals surface area contributed by atoms with E-state index in [0.717, 1.165) is 11.1 Å². The molecule has 0 saturated carbocycles. The maximum Gasteiger partial charge on any atom is 0.270 e. The molecule has 1 rings (SSSR count). The summed E-state index contributed by atoms with van der Waals surface area (Å²) in [6.07, 6.45) is 0. The molecule has 5 heteroatoms. The fraction of sp³-hybridized carbons (Fsp3) is 0.273. The van der Waals surface area contributed by atoms with Crippen LogP contribution in [0.5, 0.6) is 0 Å². The summed E-state index contributed by atoms with van der Waals surface area (Å²) in [5, 5.41) is 13.8. The van der Waals surface area contributed by atoms with Crippen molar-refractivity contribution in [2.45, 2.75) is 13.5 Å². The van der Waals surface area contributed by atoms with Gasteiger partial charge in [-0.3, -0.25) is 10.1 Å². The van der Waals surface area contributed by atoms with Crippen molar-refractivity contribution in [2.24, 2.45) is 0 Å². The number of nitrogens with one attached hydrogen (secondary N) is 1. The Kier molecular flexibility index (Phi) is 4.64. The quantitative estimate of drug-likeness (QED) is 0.514. The highest BCUT2D eigenvalue weighted by molar-refractivity contribution is 9.10. The van der Waals surface area contributed by atoms with Gasteiger partial charge in [0.25, 0.3) is 5.69 Å². The van der Waals surface area contributed by atoms with Gasteiger partial charge < -0.3 is 5.32 Å². The van der Waals surface area contributed by atoms with Gasteiger partial charge >= 0.3 is 0 Å². The van der Waals surface area contributed by atoms with Gasteiger partial charge in [0, 0.05) is 29.7 Å². The molecule has 0 fully saturated rings. The summed E-state index contributed by atoms with van der Waals surface area (Å²) in [7, 11) is 0. The van der Waals surface area contributed by atoms with Crippen molar-refractivity contribution in [2.75, 3.05) is 6.54 Å². The minimum absolute atomic E-state index is 0.0986. The van der Waals surface area contributed by atoms with Crippen LogP contribution >= 0.6 is 15.9 Å². The second-order valence-corrected chi connectivity index (χ2v) is 4.55. The zero-order valence-electron chi connectivity index (χ0n) is 9.00. The van der Waals surface area contributed by atoms with Crippen LogP contribution in [0.4, 0.5) is 5.69 Å². The molecule has 1 aromatic carbocycles. The molecule has 0 aromatic heterocycles. The van der Waals surface area contributed by atoms with Crippen molar-refractivity contribution in [3.05, 3.63) is 50.5 Å². The van der Waals surface area contributed by atoms with Crippen LogP contribution in [0.3, 0.4) is 0 Å². The zero-order valence-corrected chi connectivity index (χ0v) is 10.6. The van der Waals surface area contributed by atoms with Gasteiger partial charge in [0.05, 0.1) is 4.92 Å². The van der Waals surface area contributed by atoms with E-state index in [-0.39, 0.29) is 5.69 Å². The molecule has 0 saturated heterocycles. The molecule has 0 aliphatic heterocycles. The van der Waals surface area contributed by atoms with Gasteiger partial charge in [0.1, 0.15) is 0 Å². The summed E-state index contributed by atoms with van der Waals surface area (Å²) < 4.78 is 0.717. The maximum absolute atomic E-state index is 10.6. The van der Waals surface area contributed by atoms with E-state index in [0.29, 0.717) is 17.6 Å². The van der Waals surface area contributed by atoms with Crippen LogP contribution in [0.2, 0.25) is 0 Å². The van der Waals surface area contributed by atoms with Gasteiger partial charge in [0.2, 0.25) is 0 Å². The summed E-state index contributed by atoms with van der Waals surface area (Å²) in [4.78, 5) is 10.2. The number of halogens is 1. The molecule has 16 heavy (non-hydrogen) atoms. The van der Waals surface area contributed by atoms with Crippen molar-refractivity contribution in [1.29, 1.82) is 0 Å². The van der Waals surface area contributed by atoms with Gasteiger partial charge in [-0.15, -0.1) is 0 Å². The summed E-state index contributed by atoms with van der Waals surface area (Å²) >= 11 is 3.25. The zero-order chi connectivity index (χ0) is 12.1. The van der Waals surface area contributed by atoms with Crippen LogP contribution in [0, 0.1) is 10.1 Å². The summed E-state index contributed by atoms with van der Waals surface area (Å²) in [5.41, 5.74) is 2.01. The van der Waals surface area contributed by atoms with E-state index >= 15 is 0 Å². The molecule has 0 aliphatic carbocycles. The van der Waals surface area contributed by atoms with E-state index in [1.54, 1.807) is 6.07 Å². The molecular formula is C11H13BrN2O2. The number of benzene rings is 1. The summed E-state index contributed by atoms with van der Waals surface area (Å²) in [5.74, 6) is 0. The maximum atomic E-state index is 10.6. The summed E-state index contributed by atoms with van der Waals surface area (Å²) in [6.45, 7) is 7.00. The Morgan fingerprint density at radius 1 is 1.56 bits per heavy atom. The van der Waals surface area contributed by atoms with E-state index in [1.165, 1.54) is 6.07 Å². The Morgan fingerprint density at radius 2 is 2.25 bits per heavy atom. The normalized spacial score (nSPS) is 10.1. The Labute approximate surface area is 103 Å². The van der Waals surface area contributed by atoms with Gasteiger partial charge in [-0.1, -0.05) is 28.1 Å². The monoisotopic (exact) mass is 284 g/mol. The van der Waals surface area contributed by atoms with Crippen LogP contribution in [-0.4, -0.2) is 11.5 Å². The Hall–Kier alpha value is -1.20. The number of hydrogen-bond acceptors (Lipinski definition) is 3. The number of non-ortho nitro benzene ring substituents is 1. The first kappa shape index (κ1) is 12.9. The molecule has 1 N–H and O–H groups in total. The van der Waals surface area contributed by atoms with Gasteiger partial charge in [-0.25, -0.2) is 0 Å². The van der Waals surface area contributed by atoms with E-state index in [9.17, 15) is 10.1 Å². The number of nitro groups is 1. The molecule has 0 unspecified atom stereocenters. The minimum atomic E-state index is -0.396. The number of hydrogen-bond donors (Lipinski definition) is 1. The second-order valence-electron chi connectivity index (χ2n) is 3.64. The van der Waals surface area contributed by atoms with Crippen molar-refractivity contribution in [1.82, 2.24) is 5.32 Å². The molecule has 0 bridgehead atoms. The van der Waals surface area contributed by atoms with E-state index < -0.39 is 4.92 Å². The van der Waals surface area contributed by atoms with Crippen molar-refractivity contribution >= 4 is 21.6 Å². The highest BCUT2D eigenvalue weighted by Gasteiger charge is 2.08. The lowest BCUT2D eigenvalue weighted by molar-refractivity contribution is -0.385. The van der Waals surface area contributed by atoms with E-state index in [2.05, 4.69) is 27.8 Å². The second kappa shape index (κ2) is 5.77. The average Bonchev–Trinajstić information content (AvgIpc) is 2.16. The van der Waals surface area contributed by atoms with Crippen molar-refractivity contribution in [3.63, 3.8) is 0 Å². The Bertz CT molecular complexity index is 418. The van der Waals surface area contributed by atoms with Gasteiger partial charge in [-0.05, 0) is 18.6 Å². The Morgan fingerprint density at radius 3 is 2.81 bits per heavy atom. The van der Waals surface area contributed by atoms with Crippen molar-refractivity contribution < 1.29 is 4.92 Å². The molecule has 0 amide bonds. The third-order valence-corrected chi connectivity index (χ3v) is 2.37. The molecule has 86 valence electrons. The highest BCUT2D eigenvalue weighted by atomic mass is 79.9. The first-order valence-electron chi connectivity index (χ1n) is 4.78. The molecule has 0 radical (unpaired) electrons. The van der Waals surface area contributed by atoms with E-state index in [4.69, 9.17) is 0 Å². The van der Waals surface area contributed by atoms with Crippen LogP contribution in [-0.2, 0) is 6.54 Å². The van der Waals surface area contributed by atoms with Gasteiger partial charge in [0.15, 0.2) is 0 Å². The lowest BCUT2D eigenvalue weighted by Crippen LogP contribution is -2.15. The highest BCUT2D eigenvalue weighted by Crippen LogP contribution is 2.21. The number of nitrogens with zero attached hydrogens (tertiary/aromatic N) is 1. The molecule has 0 atom stereocenters. The largest absolute Gasteiger partial charge is 0.309 e. The molecule has 4 nitrogen and oxygen atoms in total. The molecular weight excluding hydrogens is 272 g/mol. The lowest BCUT2D eigenvalue weighted by atomic mass is 10.2. The first-order valence-corrected chi connectivity index (χ1v) is 5.57. The minimum Gasteiger partial charge on any atom is -0.309 e. The number of nitro benzene ring substituents is 1. The molecule has 0 heterocycles. The topological polar surface area (TPSA) is 55.2 Å².